The molecular weight excluding hydrogens is 256 g/mol. The first kappa shape index (κ1) is 14.5. The highest BCUT2D eigenvalue weighted by Crippen LogP contribution is 2.28. The number of nitrogens with two attached hydrogens (primary N) is 1. The van der Waals surface area contributed by atoms with Crippen molar-refractivity contribution in [2.45, 2.75) is 57.4 Å². The fraction of sp³-hybridized carbons (Fsp3) is 0.667. The van der Waals surface area contributed by atoms with Crippen LogP contribution in [0, 0.1) is 6.92 Å². The van der Waals surface area contributed by atoms with Gasteiger partial charge in [0.25, 0.3) is 0 Å². The van der Waals surface area contributed by atoms with Crippen LogP contribution < -0.4 is 11.1 Å². The quantitative estimate of drug-likeness (QED) is 0.842. The van der Waals surface area contributed by atoms with Gasteiger partial charge < -0.3 is 11.1 Å². The third-order valence-corrected chi connectivity index (χ3v) is 5.04. The number of carbonyl (C=O) groups is 1. The molecule has 2 rings (SSSR count). The van der Waals surface area contributed by atoms with E-state index in [1.54, 1.807) is 0 Å². The van der Waals surface area contributed by atoms with Crippen LogP contribution in [0.1, 0.15) is 48.3 Å². The normalized spacial score (nSPS) is 17.6. The Hall–Kier alpha value is -0.870. The summed E-state index contributed by atoms with van der Waals surface area (Å²) in [5.41, 5.74) is 5.73. The van der Waals surface area contributed by atoms with Crippen LogP contribution >= 0.6 is 11.3 Å². The zero-order valence-corrected chi connectivity index (χ0v) is 12.5. The lowest BCUT2D eigenvalue weighted by Crippen LogP contribution is -2.51. The van der Waals surface area contributed by atoms with Gasteiger partial charge in [0.1, 0.15) is 0 Å². The molecule has 0 bridgehead atoms. The molecule has 3 nitrogen and oxygen atoms in total. The first-order chi connectivity index (χ1) is 9.13. The molecule has 1 aliphatic rings. The zero-order chi connectivity index (χ0) is 13.7. The molecule has 1 aromatic rings. The summed E-state index contributed by atoms with van der Waals surface area (Å²) in [6, 6.07) is 4.30. The molecule has 1 aromatic heterocycles. The third kappa shape index (κ3) is 4.05. The molecule has 106 valence electrons. The fourth-order valence-corrected chi connectivity index (χ4v) is 3.76. The van der Waals surface area contributed by atoms with Crippen LogP contribution in [-0.4, -0.2) is 18.0 Å². The molecule has 0 saturated heterocycles. The van der Waals surface area contributed by atoms with Crippen LogP contribution in [0.5, 0.6) is 0 Å². The molecule has 0 spiro atoms. The van der Waals surface area contributed by atoms with Gasteiger partial charge in [-0.2, -0.15) is 0 Å². The molecule has 1 fully saturated rings. The smallest absolute Gasteiger partial charge is 0.220 e. The molecule has 0 atom stereocenters. The molecule has 0 unspecified atom stereocenters. The van der Waals surface area contributed by atoms with Crippen molar-refractivity contribution < 1.29 is 4.79 Å². The van der Waals surface area contributed by atoms with Crippen molar-refractivity contribution in [3.63, 3.8) is 0 Å². The number of rotatable bonds is 6. The van der Waals surface area contributed by atoms with Crippen LogP contribution in [0.25, 0.3) is 0 Å². The van der Waals surface area contributed by atoms with Crippen molar-refractivity contribution in [3.05, 3.63) is 21.9 Å². The Morgan fingerprint density at radius 3 is 2.74 bits per heavy atom. The summed E-state index contributed by atoms with van der Waals surface area (Å²) in [4.78, 5) is 14.7. The Morgan fingerprint density at radius 2 is 2.16 bits per heavy atom. The summed E-state index contributed by atoms with van der Waals surface area (Å²) in [5.74, 6) is 0.167. The Balaban J connectivity index is 1.72. The van der Waals surface area contributed by atoms with Crippen molar-refractivity contribution in [3.8, 4) is 0 Å². The van der Waals surface area contributed by atoms with E-state index in [1.165, 1.54) is 22.6 Å². The molecule has 1 amide bonds. The zero-order valence-electron chi connectivity index (χ0n) is 11.7. The summed E-state index contributed by atoms with van der Waals surface area (Å²) in [7, 11) is 0. The number of hydrogen-bond acceptors (Lipinski definition) is 3. The molecule has 1 heterocycles. The van der Waals surface area contributed by atoms with Crippen LogP contribution in [0.2, 0.25) is 0 Å². The Bertz CT molecular complexity index is 422. The van der Waals surface area contributed by atoms with Crippen LogP contribution in [-0.2, 0) is 11.2 Å². The summed E-state index contributed by atoms with van der Waals surface area (Å²) < 4.78 is 0. The van der Waals surface area contributed by atoms with Gasteiger partial charge in [-0.25, -0.2) is 0 Å². The van der Waals surface area contributed by atoms with Crippen molar-refractivity contribution in [1.82, 2.24) is 5.32 Å². The first-order valence-electron chi connectivity index (χ1n) is 7.20. The molecule has 0 radical (unpaired) electrons. The second-order valence-corrected chi connectivity index (χ2v) is 6.98. The molecule has 4 heteroatoms. The van der Waals surface area contributed by atoms with Crippen molar-refractivity contribution in [2.24, 2.45) is 5.73 Å². The van der Waals surface area contributed by atoms with Gasteiger partial charge in [0.15, 0.2) is 0 Å². The minimum Gasteiger partial charge on any atom is -0.349 e. The summed E-state index contributed by atoms with van der Waals surface area (Å²) >= 11 is 1.82. The van der Waals surface area contributed by atoms with E-state index in [0.717, 1.165) is 25.7 Å². The number of thiophene rings is 1. The highest BCUT2D eigenvalue weighted by molar-refractivity contribution is 7.11. The maximum absolute atomic E-state index is 12.0. The van der Waals surface area contributed by atoms with Gasteiger partial charge in [-0.3, -0.25) is 4.79 Å². The van der Waals surface area contributed by atoms with E-state index in [-0.39, 0.29) is 11.4 Å². The first-order valence-corrected chi connectivity index (χ1v) is 8.02. The summed E-state index contributed by atoms with van der Waals surface area (Å²) in [6.45, 7) is 2.69. The fourth-order valence-electron chi connectivity index (χ4n) is 2.83. The predicted molar refractivity (Wildman–Crippen MR) is 80.4 cm³/mol. The van der Waals surface area contributed by atoms with E-state index in [1.807, 2.05) is 11.3 Å². The average Bonchev–Trinajstić information content (AvgIpc) is 2.99. The van der Waals surface area contributed by atoms with Gasteiger partial charge in [-0.15, -0.1) is 11.3 Å². The monoisotopic (exact) mass is 280 g/mol. The standard InChI is InChI=1S/C15H24N2OS/c1-12-7-8-13(19-12)5-4-6-14(18)17-15(11-16)9-2-3-10-15/h7-8H,2-6,9-11,16H2,1H3,(H,17,18). The number of hydrogen-bond donors (Lipinski definition) is 2. The van der Waals surface area contributed by atoms with E-state index in [4.69, 9.17) is 5.73 Å². The SMILES string of the molecule is Cc1ccc(CCCC(=O)NC2(CN)CCCC2)s1. The molecule has 1 saturated carbocycles. The van der Waals surface area contributed by atoms with Crippen LogP contribution in [0.3, 0.4) is 0 Å². The lowest BCUT2D eigenvalue weighted by molar-refractivity contribution is -0.123. The molecule has 3 N–H and O–H groups in total. The van der Waals surface area contributed by atoms with Crippen LogP contribution in [0.15, 0.2) is 12.1 Å². The molecule has 1 aliphatic carbocycles. The van der Waals surface area contributed by atoms with Gasteiger partial charge in [-0.1, -0.05) is 12.8 Å². The van der Waals surface area contributed by atoms with Gasteiger partial charge in [0.2, 0.25) is 5.91 Å². The van der Waals surface area contributed by atoms with Crippen molar-refractivity contribution in [2.75, 3.05) is 6.54 Å². The minimum absolute atomic E-state index is 0.101. The van der Waals surface area contributed by atoms with Gasteiger partial charge in [-0.05, 0) is 44.7 Å². The number of nitrogens with one attached hydrogen (secondary N) is 1. The van der Waals surface area contributed by atoms with Gasteiger partial charge in [0.05, 0.1) is 5.54 Å². The number of amides is 1. The van der Waals surface area contributed by atoms with Crippen molar-refractivity contribution >= 4 is 17.2 Å². The number of aryl methyl sites for hydroxylation is 2. The van der Waals surface area contributed by atoms with E-state index >= 15 is 0 Å². The van der Waals surface area contributed by atoms with E-state index < -0.39 is 0 Å². The highest BCUT2D eigenvalue weighted by atomic mass is 32.1. The highest BCUT2D eigenvalue weighted by Gasteiger charge is 2.33. The Labute approximate surface area is 119 Å². The maximum Gasteiger partial charge on any atom is 0.220 e. The lowest BCUT2D eigenvalue weighted by Gasteiger charge is -2.28. The summed E-state index contributed by atoms with van der Waals surface area (Å²) in [6.07, 6.45) is 6.99. The topological polar surface area (TPSA) is 55.1 Å². The van der Waals surface area contributed by atoms with E-state index in [2.05, 4.69) is 24.4 Å². The largest absolute Gasteiger partial charge is 0.349 e. The maximum atomic E-state index is 12.0. The Kier molecular flexibility index (Phi) is 4.99. The number of carbonyl (C=O) groups excluding carboxylic acids is 1. The third-order valence-electron chi connectivity index (χ3n) is 3.98. The summed E-state index contributed by atoms with van der Waals surface area (Å²) in [5, 5.41) is 3.17. The second kappa shape index (κ2) is 6.53. The lowest BCUT2D eigenvalue weighted by atomic mass is 9.97. The van der Waals surface area contributed by atoms with Crippen LogP contribution in [0.4, 0.5) is 0 Å². The van der Waals surface area contributed by atoms with Gasteiger partial charge >= 0.3 is 0 Å². The second-order valence-electron chi connectivity index (χ2n) is 5.61. The molecular formula is C15H24N2OS. The molecule has 0 aliphatic heterocycles. The van der Waals surface area contributed by atoms with Crippen molar-refractivity contribution in [1.29, 1.82) is 0 Å². The predicted octanol–water partition coefficient (Wildman–Crippen LogP) is 2.77. The minimum atomic E-state index is -0.101. The molecule has 0 aromatic carbocycles. The molecule has 19 heavy (non-hydrogen) atoms. The van der Waals surface area contributed by atoms with E-state index in [9.17, 15) is 4.79 Å². The van der Waals surface area contributed by atoms with E-state index in [0.29, 0.717) is 13.0 Å². The van der Waals surface area contributed by atoms with Gasteiger partial charge in [0, 0.05) is 22.7 Å². The Morgan fingerprint density at radius 1 is 1.42 bits per heavy atom. The average molecular weight is 280 g/mol.